The predicted octanol–water partition coefficient (Wildman–Crippen LogP) is 4.74. The van der Waals surface area contributed by atoms with Crippen LogP contribution in [0.3, 0.4) is 0 Å². The van der Waals surface area contributed by atoms with Gasteiger partial charge in [0.05, 0.1) is 12.6 Å². The molecule has 0 aliphatic carbocycles. The molecule has 2 amide bonds. The molecule has 178 valence electrons. The van der Waals surface area contributed by atoms with E-state index < -0.39 is 44.7 Å². The van der Waals surface area contributed by atoms with Crippen LogP contribution in [0.25, 0.3) is 0 Å². The van der Waals surface area contributed by atoms with Crippen molar-refractivity contribution in [3.8, 4) is 0 Å². The van der Waals surface area contributed by atoms with Crippen LogP contribution < -0.4 is 10.4 Å². The number of carbonyl (C=O) groups excluding carboxylic acids is 2. The third kappa shape index (κ3) is 5.22. The van der Waals surface area contributed by atoms with E-state index in [9.17, 15) is 9.59 Å². The van der Waals surface area contributed by atoms with Crippen LogP contribution >= 0.6 is 0 Å². The number of likely N-dealkylation sites (tertiary alicyclic amines) is 1. The SMILES string of the molecule is [2H]C([2H])([2H])[C@H]1CC(=O)N(C(=O)OC(C)(C)C)[C@@H]1CO[Si](c1ccccc1)(c1ccccc1)C(C)(C)C. The Morgan fingerprint density at radius 1 is 1.00 bits per heavy atom. The van der Waals surface area contributed by atoms with Crippen molar-refractivity contribution < 1.29 is 22.9 Å². The normalized spacial score (nSPS) is 21.3. The van der Waals surface area contributed by atoms with Crippen LogP contribution in [0.1, 0.15) is 58.9 Å². The molecule has 0 spiro atoms. The van der Waals surface area contributed by atoms with Gasteiger partial charge < -0.3 is 9.16 Å². The van der Waals surface area contributed by atoms with Crippen molar-refractivity contribution in [1.82, 2.24) is 4.90 Å². The second kappa shape index (κ2) is 9.43. The van der Waals surface area contributed by atoms with Crippen molar-refractivity contribution in [3.63, 3.8) is 0 Å². The van der Waals surface area contributed by atoms with E-state index in [-0.39, 0.29) is 18.1 Å². The lowest BCUT2D eigenvalue weighted by atomic mass is 10.0. The van der Waals surface area contributed by atoms with Crippen molar-refractivity contribution in [2.75, 3.05) is 6.61 Å². The van der Waals surface area contributed by atoms with Crippen LogP contribution in [0.5, 0.6) is 0 Å². The maximum absolute atomic E-state index is 13.1. The van der Waals surface area contributed by atoms with Crippen molar-refractivity contribution in [3.05, 3.63) is 60.7 Å². The fourth-order valence-electron chi connectivity index (χ4n) is 4.50. The second-order valence-electron chi connectivity index (χ2n) is 10.6. The molecule has 2 aromatic rings. The summed E-state index contributed by atoms with van der Waals surface area (Å²) in [5.41, 5.74) is -0.834. The van der Waals surface area contributed by atoms with E-state index in [4.69, 9.17) is 13.3 Å². The van der Waals surface area contributed by atoms with E-state index in [1.807, 2.05) is 60.7 Å². The van der Waals surface area contributed by atoms with Gasteiger partial charge in [0, 0.05) is 10.5 Å². The Labute approximate surface area is 203 Å². The minimum absolute atomic E-state index is 0.0959. The fraction of sp³-hybridized carbons (Fsp3) is 0.481. The number of hydrogen-bond donors (Lipinski definition) is 0. The first kappa shape index (κ1) is 21.1. The summed E-state index contributed by atoms with van der Waals surface area (Å²) < 4.78 is 36.7. The molecule has 2 atom stereocenters. The molecule has 0 unspecified atom stereocenters. The first-order chi connectivity index (χ1) is 16.6. The molecule has 2 aromatic carbocycles. The standard InChI is InChI=1S/C27H37NO4Si/c1-20-18-24(29)28(25(30)32-26(2,3)4)23(20)19-31-33(27(5,6)7,21-14-10-8-11-15-21)22-16-12-9-13-17-22/h8-17,20,23H,18-19H2,1-7H3/t20-,23+/m0/s1/i1D3. The van der Waals surface area contributed by atoms with E-state index in [1.165, 1.54) is 0 Å². The van der Waals surface area contributed by atoms with E-state index in [0.717, 1.165) is 15.3 Å². The molecule has 6 heteroatoms. The number of hydrogen-bond acceptors (Lipinski definition) is 4. The summed E-state index contributed by atoms with van der Waals surface area (Å²) in [4.78, 5) is 27.0. The third-order valence-electron chi connectivity index (χ3n) is 5.94. The lowest BCUT2D eigenvalue weighted by Gasteiger charge is -2.44. The number of ether oxygens (including phenoxy) is 1. The topological polar surface area (TPSA) is 55.8 Å². The highest BCUT2D eigenvalue weighted by Gasteiger charge is 2.52. The molecule has 3 rings (SSSR count). The number of benzene rings is 2. The highest BCUT2D eigenvalue weighted by atomic mass is 28.4. The van der Waals surface area contributed by atoms with Crippen LogP contribution in [0.2, 0.25) is 5.04 Å². The number of nitrogens with zero attached hydrogens (tertiary/aromatic N) is 1. The highest BCUT2D eigenvalue weighted by Crippen LogP contribution is 2.38. The average molecular weight is 471 g/mol. The molecule has 0 bridgehead atoms. The van der Waals surface area contributed by atoms with E-state index >= 15 is 0 Å². The maximum atomic E-state index is 13.1. The second-order valence-corrected chi connectivity index (χ2v) is 14.9. The minimum Gasteiger partial charge on any atom is -0.443 e. The first-order valence-electron chi connectivity index (χ1n) is 12.9. The molecule has 0 radical (unpaired) electrons. The molecule has 1 aliphatic heterocycles. The van der Waals surface area contributed by atoms with Crippen molar-refractivity contribution >= 4 is 30.7 Å². The largest absolute Gasteiger partial charge is 0.443 e. The maximum Gasteiger partial charge on any atom is 0.417 e. The number of rotatable bonds is 5. The van der Waals surface area contributed by atoms with Crippen LogP contribution in [-0.2, 0) is 14.0 Å². The summed E-state index contributed by atoms with van der Waals surface area (Å²) in [7, 11) is -3.01. The molecular formula is C27H37NO4Si. The van der Waals surface area contributed by atoms with E-state index in [1.54, 1.807) is 20.8 Å². The lowest BCUT2D eigenvalue weighted by Crippen LogP contribution is -2.67. The van der Waals surface area contributed by atoms with Gasteiger partial charge in [-0.1, -0.05) is 88.3 Å². The van der Waals surface area contributed by atoms with Gasteiger partial charge in [-0.2, -0.15) is 0 Å². The van der Waals surface area contributed by atoms with Gasteiger partial charge in [-0.3, -0.25) is 4.79 Å². The Morgan fingerprint density at radius 2 is 1.52 bits per heavy atom. The Morgan fingerprint density at radius 3 is 1.94 bits per heavy atom. The summed E-state index contributed by atoms with van der Waals surface area (Å²) in [5, 5.41) is 1.72. The average Bonchev–Trinajstić information content (AvgIpc) is 3.10. The van der Waals surface area contributed by atoms with Gasteiger partial charge in [-0.25, -0.2) is 9.69 Å². The summed E-state index contributed by atoms with van der Waals surface area (Å²) in [6.45, 7) is 8.94. The molecule has 0 N–H and O–H groups in total. The molecular weight excluding hydrogens is 430 g/mol. The van der Waals surface area contributed by atoms with Gasteiger partial charge in [0.15, 0.2) is 0 Å². The Balaban J connectivity index is 2.10. The number of imide groups is 1. The van der Waals surface area contributed by atoms with Crippen LogP contribution in [-0.4, -0.2) is 43.5 Å². The van der Waals surface area contributed by atoms with Gasteiger partial charge >= 0.3 is 6.09 Å². The zero-order valence-corrected chi connectivity index (χ0v) is 21.4. The molecule has 33 heavy (non-hydrogen) atoms. The molecule has 1 aliphatic rings. The van der Waals surface area contributed by atoms with Gasteiger partial charge in [-0.05, 0) is 42.1 Å². The van der Waals surface area contributed by atoms with E-state index in [0.29, 0.717) is 0 Å². The van der Waals surface area contributed by atoms with Gasteiger partial charge in [0.2, 0.25) is 5.91 Å². The molecule has 1 heterocycles. The Bertz CT molecular complexity index is 1020. The predicted molar refractivity (Wildman–Crippen MR) is 134 cm³/mol. The van der Waals surface area contributed by atoms with Crippen molar-refractivity contribution in [2.45, 2.75) is 71.5 Å². The van der Waals surface area contributed by atoms with Crippen LogP contribution in [0.4, 0.5) is 4.79 Å². The minimum atomic E-state index is -3.01. The zero-order chi connectivity index (χ0) is 26.9. The molecule has 1 fully saturated rings. The summed E-state index contributed by atoms with van der Waals surface area (Å²) >= 11 is 0. The number of amides is 2. The van der Waals surface area contributed by atoms with E-state index in [2.05, 4.69) is 20.8 Å². The summed E-state index contributed by atoms with van der Waals surface area (Å²) in [6.07, 6.45) is -1.10. The molecule has 0 saturated carbocycles. The lowest BCUT2D eigenvalue weighted by molar-refractivity contribution is -0.128. The molecule has 0 aromatic heterocycles. The zero-order valence-electron chi connectivity index (χ0n) is 23.4. The Hall–Kier alpha value is -2.44. The smallest absolute Gasteiger partial charge is 0.417 e. The van der Waals surface area contributed by atoms with Crippen LogP contribution in [0, 0.1) is 5.92 Å². The molecule has 1 saturated heterocycles. The summed E-state index contributed by atoms with van der Waals surface area (Å²) in [6, 6.07) is 18.9. The quantitative estimate of drug-likeness (QED) is 0.593. The third-order valence-corrected chi connectivity index (χ3v) is 10.9. The van der Waals surface area contributed by atoms with Crippen LogP contribution in [0.15, 0.2) is 60.7 Å². The monoisotopic (exact) mass is 470 g/mol. The fourth-order valence-corrected chi connectivity index (χ4v) is 9.07. The Kier molecular flexibility index (Phi) is 6.03. The number of carbonyl (C=O) groups is 2. The first-order valence-corrected chi connectivity index (χ1v) is 13.3. The van der Waals surface area contributed by atoms with Gasteiger partial charge in [-0.15, -0.1) is 0 Å². The molecule has 5 nitrogen and oxygen atoms in total. The highest BCUT2D eigenvalue weighted by molar-refractivity contribution is 6.99. The van der Waals surface area contributed by atoms with Gasteiger partial charge in [0.25, 0.3) is 8.32 Å². The van der Waals surface area contributed by atoms with Crippen molar-refractivity contribution in [2.24, 2.45) is 5.92 Å². The van der Waals surface area contributed by atoms with Crippen molar-refractivity contribution in [1.29, 1.82) is 0 Å². The van der Waals surface area contributed by atoms with Gasteiger partial charge in [0.1, 0.15) is 5.60 Å². The summed E-state index contributed by atoms with van der Waals surface area (Å²) in [5.74, 6) is -1.60.